The molecule has 0 aromatic heterocycles. The van der Waals surface area contributed by atoms with Gasteiger partial charge in [0.15, 0.2) is 0 Å². The largest absolute Gasteiger partial charge is 0.377 e. The summed E-state index contributed by atoms with van der Waals surface area (Å²) >= 11 is 6.37. The molecule has 2 rings (SSSR count). The maximum atomic E-state index is 6.37. The van der Waals surface area contributed by atoms with Crippen molar-refractivity contribution in [2.24, 2.45) is 5.41 Å². The summed E-state index contributed by atoms with van der Waals surface area (Å²) in [5.74, 6) is 0. The van der Waals surface area contributed by atoms with Crippen LogP contribution in [-0.4, -0.2) is 0 Å². The second-order valence-corrected chi connectivity index (χ2v) is 7.21. The Hall–Kier alpha value is -1.47. The average molecular weight is 302 g/mol. The SMILES string of the molecule is Cc1cccc(Cl)c1NC(CC(C)(C)C)c1ccccc1. The summed E-state index contributed by atoms with van der Waals surface area (Å²) in [6.45, 7) is 8.89. The van der Waals surface area contributed by atoms with Crippen LogP contribution in [0, 0.1) is 12.3 Å². The minimum absolute atomic E-state index is 0.239. The molecule has 0 aliphatic rings. The summed E-state index contributed by atoms with van der Waals surface area (Å²) in [4.78, 5) is 0. The van der Waals surface area contributed by atoms with E-state index in [1.165, 1.54) is 11.1 Å². The number of rotatable bonds is 4. The van der Waals surface area contributed by atoms with Gasteiger partial charge >= 0.3 is 0 Å². The molecule has 0 saturated carbocycles. The van der Waals surface area contributed by atoms with Crippen molar-refractivity contribution >= 4 is 17.3 Å². The van der Waals surface area contributed by atoms with Gasteiger partial charge in [-0.1, -0.05) is 74.8 Å². The van der Waals surface area contributed by atoms with Crippen LogP contribution in [0.3, 0.4) is 0 Å². The van der Waals surface area contributed by atoms with E-state index in [4.69, 9.17) is 11.6 Å². The van der Waals surface area contributed by atoms with Gasteiger partial charge in [-0.3, -0.25) is 0 Å². The van der Waals surface area contributed by atoms with E-state index < -0.39 is 0 Å². The van der Waals surface area contributed by atoms with Crippen molar-refractivity contribution in [3.05, 3.63) is 64.7 Å². The van der Waals surface area contributed by atoms with Gasteiger partial charge in [0.2, 0.25) is 0 Å². The van der Waals surface area contributed by atoms with Crippen LogP contribution < -0.4 is 5.32 Å². The first-order chi connectivity index (χ1) is 9.87. The molecule has 0 spiro atoms. The Balaban J connectivity index is 2.33. The molecule has 0 amide bonds. The van der Waals surface area contributed by atoms with Gasteiger partial charge in [0, 0.05) is 0 Å². The van der Waals surface area contributed by atoms with Gasteiger partial charge in [0.1, 0.15) is 0 Å². The van der Waals surface area contributed by atoms with E-state index in [9.17, 15) is 0 Å². The summed E-state index contributed by atoms with van der Waals surface area (Å²) in [7, 11) is 0. The number of hydrogen-bond donors (Lipinski definition) is 1. The lowest BCUT2D eigenvalue weighted by Gasteiger charge is -2.29. The minimum atomic E-state index is 0.239. The zero-order chi connectivity index (χ0) is 15.5. The second kappa shape index (κ2) is 6.53. The molecule has 112 valence electrons. The lowest BCUT2D eigenvalue weighted by atomic mass is 9.85. The molecule has 1 nitrogen and oxygen atoms in total. The van der Waals surface area contributed by atoms with E-state index in [0.29, 0.717) is 0 Å². The molecule has 2 aromatic carbocycles. The summed E-state index contributed by atoms with van der Waals surface area (Å²) in [6.07, 6.45) is 1.04. The van der Waals surface area contributed by atoms with Crippen LogP contribution in [0.4, 0.5) is 5.69 Å². The zero-order valence-corrected chi connectivity index (χ0v) is 14.0. The Labute approximate surface area is 133 Å². The summed E-state index contributed by atoms with van der Waals surface area (Å²) < 4.78 is 0. The highest BCUT2D eigenvalue weighted by molar-refractivity contribution is 6.33. The van der Waals surface area contributed by atoms with Crippen LogP contribution in [0.15, 0.2) is 48.5 Å². The number of benzene rings is 2. The third kappa shape index (κ3) is 4.50. The van der Waals surface area contributed by atoms with E-state index >= 15 is 0 Å². The Bertz CT molecular complexity index is 564. The standard InChI is InChI=1S/C19H24ClN/c1-14-9-8-12-16(20)18(14)21-17(13-19(2,3)4)15-10-6-5-7-11-15/h5-12,17,21H,13H2,1-4H3. The Kier molecular flexibility index (Phi) is 4.95. The Morgan fingerprint density at radius 1 is 1.00 bits per heavy atom. The lowest BCUT2D eigenvalue weighted by Crippen LogP contribution is -2.19. The predicted octanol–water partition coefficient (Wildman–Crippen LogP) is 6.24. The summed E-state index contributed by atoms with van der Waals surface area (Å²) in [6, 6.07) is 16.9. The molecule has 2 heteroatoms. The molecule has 0 saturated heterocycles. The van der Waals surface area contributed by atoms with Gasteiger partial charge in [-0.15, -0.1) is 0 Å². The van der Waals surface area contributed by atoms with Gasteiger partial charge in [-0.25, -0.2) is 0 Å². The van der Waals surface area contributed by atoms with Gasteiger partial charge in [0.05, 0.1) is 16.8 Å². The van der Waals surface area contributed by atoms with E-state index in [0.717, 1.165) is 17.1 Å². The maximum absolute atomic E-state index is 6.37. The molecule has 1 atom stereocenters. The van der Waals surface area contributed by atoms with Gasteiger partial charge in [0.25, 0.3) is 0 Å². The van der Waals surface area contributed by atoms with Gasteiger partial charge in [-0.2, -0.15) is 0 Å². The average Bonchev–Trinajstić information content (AvgIpc) is 2.41. The molecule has 2 aromatic rings. The number of anilines is 1. The highest BCUT2D eigenvalue weighted by Gasteiger charge is 2.21. The zero-order valence-electron chi connectivity index (χ0n) is 13.3. The minimum Gasteiger partial charge on any atom is -0.377 e. The van der Waals surface area contributed by atoms with Gasteiger partial charge in [-0.05, 0) is 36.0 Å². The third-order valence-electron chi connectivity index (χ3n) is 3.56. The molecule has 0 aliphatic carbocycles. The fourth-order valence-electron chi connectivity index (χ4n) is 2.54. The van der Waals surface area contributed by atoms with E-state index in [1.54, 1.807) is 0 Å². The number of hydrogen-bond acceptors (Lipinski definition) is 1. The maximum Gasteiger partial charge on any atom is 0.0640 e. The predicted molar refractivity (Wildman–Crippen MR) is 93.1 cm³/mol. The Morgan fingerprint density at radius 2 is 1.67 bits per heavy atom. The van der Waals surface area contributed by atoms with Crippen LogP contribution >= 0.6 is 11.6 Å². The molecule has 0 aliphatic heterocycles. The number of aryl methyl sites for hydroxylation is 1. The van der Waals surface area contributed by atoms with Crippen LogP contribution in [0.1, 0.15) is 44.4 Å². The smallest absolute Gasteiger partial charge is 0.0640 e. The molecule has 21 heavy (non-hydrogen) atoms. The normalized spacial score (nSPS) is 13.0. The molecular formula is C19H24ClN. The fourth-order valence-corrected chi connectivity index (χ4v) is 2.82. The molecule has 0 radical (unpaired) electrons. The molecule has 1 unspecified atom stereocenters. The molecule has 0 fully saturated rings. The van der Waals surface area contributed by atoms with Crippen molar-refractivity contribution in [2.45, 2.75) is 40.2 Å². The first-order valence-corrected chi connectivity index (χ1v) is 7.81. The monoisotopic (exact) mass is 301 g/mol. The first-order valence-electron chi connectivity index (χ1n) is 7.43. The fraction of sp³-hybridized carbons (Fsp3) is 0.368. The molecule has 1 N–H and O–H groups in total. The van der Waals surface area contributed by atoms with Crippen molar-refractivity contribution in [2.75, 3.05) is 5.32 Å². The van der Waals surface area contributed by atoms with E-state index in [2.05, 4.69) is 69.4 Å². The van der Waals surface area contributed by atoms with E-state index in [1.807, 2.05) is 12.1 Å². The van der Waals surface area contributed by atoms with Crippen LogP contribution in [0.5, 0.6) is 0 Å². The van der Waals surface area contributed by atoms with Crippen LogP contribution in [0.25, 0.3) is 0 Å². The number of halogens is 1. The highest BCUT2D eigenvalue weighted by atomic mass is 35.5. The van der Waals surface area contributed by atoms with Crippen molar-refractivity contribution < 1.29 is 0 Å². The highest BCUT2D eigenvalue weighted by Crippen LogP contribution is 2.35. The molecular weight excluding hydrogens is 278 g/mol. The van der Waals surface area contributed by atoms with Crippen molar-refractivity contribution in [1.82, 2.24) is 0 Å². The molecule has 0 heterocycles. The quantitative estimate of drug-likeness (QED) is 0.705. The summed E-state index contributed by atoms with van der Waals surface area (Å²) in [5, 5.41) is 4.44. The first kappa shape index (κ1) is 15.9. The van der Waals surface area contributed by atoms with Crippen LogP contribution in [-0.2, 0) is 0 Å². The second-order valence-electron chi connectivity index (χ2n) is 6.80. The Morgan fingerprint density at radius 3 is 2.24 bits per heavy atom. The third-order valence-corrected chi connectivity index (χ3v) is 3.87. The topological polar surface area (TPSA) is 12.0 Å². The van der Waals surface area contributed by atoms with Crippen molar-refractivity contribution in [3.63, 3.8) is 0 Å². The van der Waals surface area contributed by atoms with Gasteiger partial charge < -0.3 is 5.32 Å². The van der Waals surface area contributed by atoms with E-state index in [-0.39, 0.29) is 11.5 Å². The number of nitrogens with one attached hydrogen (secondary N) is 1. The molecule has 0 bridgehead atoms. The number of para-hydroxylation sites is 1. The van der Waals surface area contributed by atoms with Crippen molar-refractivity contribution in [3.8, 4) is 0 Å². The lowest BCUT2D eigenvalue weighted by molar-refractivity contribution is 0.352. The summed E-state index contributed by atoms with van der Waals surface area (Å²) in [5.41, 5.74) is 3.75. The van der Waals surface area contributed by atoms with Crippen molar-refractivity contribution in [1.29, 1.82) is 0 Å². The van der Waals surface area contributed by atoms with Crippen LogP contribution in [0.2, 0.25) is 5.02 Å².